The summed E-state index contributed by atoms with van der Waals surface area (Å²) >= 11 is 17.5. The number of carbonyl (C=O) groups is 1. The van der Waals surface area contributed by atoms with Crippen LogP contribution in [0.4, 0.5) is 5.69 Å². The highest BCUT2D eigenvalue weighted by Gasteiger charge is 2.19. The van der Waals surface area contributed by atoms with E-state index in [0.717, 1.165) is 0 Å². The maximum absolute atomic E-state index is 12.1. The Morgan fingerprint density at radius 2 is 2.08 bits per heavy atom. The molecule has 126 valence electrons. The third-order valence-electron chi connectivity index (χ3n) is 2.87. The summed E-state index contributed by atoms with van der Waals surface area (Å²) in [6, 6.07) is 4.54. The molecule has 0 spiro atoms. The van der Waals surface area contributed by atoms with Gasteiger partial charge in [0, 0.05) is 0 Å². The van der Waals surface area contributed by atoms with Gasteiger partial charge in [0.2, 0.25) is 0 Å². The number of methoxy groups -OCH3 is 1. The molecular formula is C14H11Cl3N4O3. The maximum Gasteiger partial charge on any atom is 0.291 e. The molecule has 7 nitrogen and oxygen atoms in total. The van der Waals surface area contributed by atoms with Gasteiger partial charge in [-0.3, -0.25) is 4.79 Å². The van der Waals surface area contributed by atoms with Crippen molar-refractivity contribution in [2.24, 2.45) is 5.10 Å². The molecule has 1 heterocycles. The summed E-state index contributed by atoms with van der Waals surface area (Å²) in [4.78, 5) is 15.8. The normalized spacial score (nSPS) is 10.8. The molecule has 0 saturated carbocycles. The van der Waals surface area contributed by atoms with Crippen LogP contribution in [0.2, 0.25) is 15.2 Å². The zero-order valence-corrected chi connectivity index (χ0v) is 14.4. The number of hydrazone groups is 1. The van der Waals surface area contributed by atoms with Crippen LogP contribution in [-0.4, -0.2) is 29.3 Å². The number of pyridine rings is 1. The van der Waals surface area contributed by atoms with E-state index in [1.165, 1.54) is 25.5 Å². The predicted octanol–water partition coefficient (Wildman–Crippen LogP) is 3.10. The lowest BCUT2D eigenvalue weighted by Gasteiger charge is -2.07. The van der Waals surface area contributed by atoms with E-state index < -0.39 is 5.91 Å². The highest BCUT2D eigenvalue weighted by atomic mass is 35.5. The number of carbonyl (C=O) groups excluding carboxylic acids is 1. The summed E-state index contributed by atoms with van der Waals surface area (Å²) in [6.07, 6.45) is 1.34. The Morgan fingerprint density at radius 1 is 1.38 bits per heavy atom. The summed E-state index contributed by atoms with van der Waals surface area (Å²) < 4.78 is 4.97. The van der Waals surface area contributed by atoms with Crippen molar-refractivity contribution in [3.8, 4) is 11.5 Å². The summed E-state index contributed by atoms with van der Waals surface area (Å²) in [7, 11) is 1.42. The number of anilines is 1. The Bertz CT molecular complexity index is 827. The van der Waals surface area contributed by atoms with E-state index in [1.807, 2.05) is 0 Å². The van der Waals surface area contributed by atoms with Gasteiger partial charge in [0.1, 0.15) is 5.02 Å². The molecule has 2 rings (SSSR count). The van der Waals surface area contributed by atoms with Crippen molar-refractivity contribution in [2.75, 3.05) is 12.8 Å². The molecule has 0 aliphatic carbocycles. The van der Waals surface area contributed by atoms with Crippen LogP contribution in [0.15, 0.2) is 23.3 Å². The molecule has 1 aromatic heterocycles. The molecule has 0 aliphatic rings. The second kappa shape index (κ2) is 7.57. The zero-order valence-electron chi connectivity index (χ0n) is 12.2. The number of amides is 1. The summed E-state index contributed by atoms with van der Waals surface area (Å²) in [5, 5.41) is 13.0. The van der Waals surface area contributed by atoms with E-state index in [-0.39, 0.29) is 38.1 Å². The first-order valence-corrected chi connectivity index (χ1v) is 7.49. The molecular weight excluding hydrogens is 379 g/mol. The summed E-state index contributed by atoms with van der Waals surface area (Å²) in [5.74, 6) is -0.458. The molecule has 2 aromatic rings. The molecule has 0 aliphatic heterocycles. The molecule has 1 aromatic carbocycles. The van der Waals surface area contributed by atoms with Crippen molar-refractivity contribution in [1.29, 1.82) is 0 Å². The van der Waals surface area contributed by atoms with Crippen molar-refractivity contribution >= 4 is 52.6 Å². The van der Waals surface area contributed by atoms with Crippen LogP contribution in [-0.2, 0) is 0 Å². The van der Waals surface area contributed by atoms with Crippen LogP contribution in [0, 0.1) is 0 Å². The molecule has 0 saturated heterocycles. The molecule has 0 bridgehead atoms. The van der Waals surface area contributed by atoms with E-state index in [2.05, 4.69) is 15.5 Å². The lowest BCUT2D eigenvalue weighted by molar-refractivity contribution is 0.0950. The van der Waals surface area contributed by atoms with Crippen LogP contribution in [0.3, 0.4) is 0 Å². The second-order valence-electron chi connectivity index (χ2n) is 4.42. The van der Waals surface area contributed by atoms with Crippen molar-refractivity contribution < 1.29 is 14.6 Å². The topological polar surface area (TPSA) is 110 Å². The minimum absolute atomic E-state index is 0.0130. The van der Waals surface area contributed by atoms with Crippen LogP contribution in [0.1, 0.15) is 16.1 Å². The number of benzene rings is 1. The average Bonchev–Trinajstić information content (AvgIpc) is 2.57. The van der Waals surface area contributed by atoms with Gasteiger partial charge in [-0.1, -0.05) is 34.8 Å². The van der Waals surface area contributed by atoms with E-state index >= 15 is 0 Å². The number of halogens is 3. The van der Waals surface area contributed by atoms with E-state index in [4.69, 9.17) is 45.3 Å². The molecule has 24 heavy (non-hydrogen) atoms. The van der Waals surface area contributed by atoms with Crippen LogP contribution < -0.4 is 15.9 Å². The number of nitrogen functional groups attached to an aromatic ring is 1. The number of nitrogens with two attached hydrogens (primary N) is 1. The Kier molecular flexibility index (Phi) is 5.71. The molecule has 0 atom stereocenters. The van der Waals surface area contributed by atoms with E-state index in [9.17, 15) is 9.90 Å². The van der Waals surface area contributed by atoms with Crippen LogP contribution in [0.5, 0.6) is 11.5 Å². The Morgan fingerprint density at radius 3 is 2.75 bits per heavy atom. The minimum Gasteiger partial charge on any atom is -0.504 e. The lowest BCUT2D eigenvalue weighted by atomic mass is 10.2. The quantitative estimate of drug-likeness (QED) is 0.423. The van der Waals surface area contributed by atoms with Crippen molar-refractivity contribution in [3.05, 3.63) is 44.7 Å². The number of nitrogens with one attached hydrogen (secondary N) is 1. The first kappa shape index (κ1) is 18.1. The zero-order chi connectivity index (χ0) is 17.9. The fourth-order valence-electron chi connectivity index (χ4n) is 1.67. The number of hydrogen-bond acceptors (Lipinski definition) is 6. The number of hydrogen-bond donors (Lipinski definition) is 3. The first-order chi connectivity index (χ1) is 11.3. The third kappa shape index (κ3) is 3.81. The Labute approximate surface area is 152 Å². The van der Waals surface area contributed by atoms with Gasteiger partial charge in [-0.2, -0.15) is 5.10 Å². The monoisotopic (exact) mass is 388 g/mol. The van der Waals surface area contributed by atoms with E-state index in [0.29, 0.717) is 5.56 Å². The van der Waals surface area contributed by atoms with Crippen molar-refractivity contribution in [1.82, 2.24) is 10.4 Å². The number of phenolic OH excluding ortho intramolecular Hbond substituents is 1. The fourth-order valence-corrected chi connectivity index (χ4v) is 2.27. The molecule has 0 unspecified atom stereocenters. The summed E-state index contributed by atoms with van der Waals surface area (Å²) in [5.41, 5.74) is 8.21. The van der Waals surface area contributed by atoms with Crippen molar-refractivity contribution in [3.63, 3.8) is 0 Å². The molecule has 0 radical (unpaired) electrons. The maximum atomic E-state index is 12.1. The molecule has 0 fully saturated rings. The van der Waals surface area contributed by atoms with Gasteiger partial charge in [-0.15, -0.1) is 0 Å². The number of rotatable bonds is 4. The van der Waals surface area contributed by atoms with E-state index in [1.54, 1.807) is 6.07 Å². The van der Waals surface area contributed by atoms with Gasteiger partial charge in [0.15, 0.2) is 22.3 Å². The van der Waals surface area contributed by atoms with Crippen LogP contribution in [0.25, 0.3) is 0 Å². The standard InChI is InChI=1S/C14H11Cl3N4O3/c1-24-8-4-6(2-3-7(8)22)5-19-21-14(23)12-9(15)11(18)10(16)13(17)20-12/h2-5,22H,1H3,(H2,18,20)(H,21,23). The van der Waals surface area contributed by atoms with Crippen LogP contribution >= 0.6 is 34.8 Å². The van der Waals surface area contributed by atoms with Gasteiger partial charge >= 0.3 is 0 Å². The van der Waals surface area contributed by atoms with Crippen molar-refractivity contribution in [2.45, 2.75) is 0 Å². The lowest BCUT2D eigenvalue weighted by Crippen LogP contribution is -2.20. The smallest absolute Gasteiger partial charge is 0.291 e. The average molecular weight is 390 g/mol. The summed E-state index contributed by atoms with van der Waals surface area (Å²) in [6.45, 7) is 0. The molecule has 1 amide bonds. The predicted molar refractivity (Wildman–Crippen MR) is 93.4 cm³/mol. The number of phenols is 1. The first-order valence-electron chi connectivity index (χ1n) is 6.35. The molecule has 10 heteroatoms. The highest BCUT2D eigenvalue weighted by molar-refractivity contribution is 6.46. The number of nitrogens with zero attached hydrogens (tertiary/aromatic N) is 2. The fraction of sp³-hybridized carbons (Fsp3) is 0.0714. The third-order valence-corrected chi connectivity index (χ3v) is 4.01. The van der Waals surface area contributed by atoms with Gasteiger partial charge in [0.25, 0.3) is 5.91 Å². The van der Waals surface area contributed by atoms with Gasteiger partial charge < -0.3 is 15.6 Å². The largest absolute Gasteiger partial charge is 0.504 e. The second-order valence-corrected chi connectivity index (χ2v) is 5.54. The molecule has 4 N–H and O–H groups in total. The number of aromatic hydroxyl groups is 1. The van der Waals surface area contributed by atoms with Gasteiger partial charge in [-0.05, 0) is 23.8 Å². The minimum atomic E-state index is -0.715. The Balaban J connectivity index is 2.17. The van der Waals surface area contributed by atoms with Gasteiger partial charge in [0.05, 0.1) is 24.0 Å². The SMILES string of the molecule is COc1cc(C=NNC(=O)c2nc(Cl)c(Cl)c(N)c2Cl)ccc1O. The highest BCUT2D eigenvalue weighted by Crippen LogP contribution is 2.34. The van der Waals surface area contributed by atoms with Gasteiger partial charge in [-0.25, -0.2) is 10.4 Å². The Hall–Kier alpha value is -2.22. The number of ether oxygens (including phenoxy) is 1. The number of aromatic nitrogens is 1.